The van der Waals surface area contributed by atoms with E-state index in [2.05, 4.69) is 26.1 Å². The van der Waals surface area contributed by atoms with Crippen LogP contribution in [0.5, 0.6) is 0 Å². The molecule has 0 fully saturated rings. The summed E-state index contributed by atoms with van der Waals surface area (Å²) in [6.45, 7) is 11.3. The lowest BCUT2D eigenvalue weighted by molar-refractivity contribution is 0.0871. The average Bonchev–Trinajstić information content (AvgIpc) is 2.37. The van der Waals surface area contributed by atoms with Gasteiger partial charge in [0.25, 0.3) is 0 Å². The van der Waals surface area contributed by atoms with Gasteiger partial charge in [-0.3, -0.25) is 0 Å². The van der Waals surface area contributed by atoms with E-state index in [1.807, 2.05) is 0 Å². The molecule has 0 saturated heterocycles. The summed E-state index contributed by atoms with van der Waals surface area (Å²) in [5.41, 5.74) is 0.390. The van der Waals surface area contributed by atoms with Crippen LogP contribution < -0.4 is 5.32 Å². The van der Waals surface area contributed by atoms with Crippen molar-refractivity contribution in [2.24, 2.45) is 5.41 Å². The molecule has 0 aromatic heterocycles. The standard InChI is InChI=1S/C14H31NO2/c1-5-10-17-11-8-14(6-2,7-3)13-15-9-12-16-4/h15H,5-13H2,1-4H3. The molecule has 0 heterocycles. The van der Waals surface area contributed by atoms with Crippen molar-refractivity contribution in [3.63, 3.8) is 0 Å². The molecular formula is C14H31NO2. The largest absolute Gasteiger partial charge is 0.383 e. The molecule has 0 rings (SSSR count). The van der Waals surface area contributed by atoms with Gasteiger partial charge in [-0.15, -0.1) is 0 Å². The van der Waals surface area contributed by atoms with Crippen LogP contribution in [0.1, 0.15) is 46.5 Å². The van der Waals surface area contributed by atoms with E-state index in [9.17, 15) is 0 Å². The van der Waals surface area contributed by atoms with E-state index in [4.69, 9.17) is 9.47 Å². The molecule has 0 bridgehead atoms. The molecule has 0 aliphatic rings. The van der Waals surface area contributed by atoms with Crippen molar-refractivity contribution in [3.05, 3.63) is 0 Å². The Hall–Kier alpha value is -0.120. The van der Waals surface area contributed by atoms with Crippen LogP contribution in [0.2, 0.25) is 0 Å². The molecule has 3 heteroatoms. The third kappa shape index (κ3) is 7.74. The summed E-state index contributed by atoms with van der Waals surface area (Å²) in [7, 11) is 1.74. The molecule has 0 amide bonds. The van der Waals surface area contributed by atoms with Gasteiger partial charge >= 0.3 is 0 Å². The average molecular weight is 245 g/mol. The van der Waals surface area contributed by atoms with Gasteiger partial charge in [0.1, 0.15) is 0 Å². The summed E-state index contributed by atoms with van der Waals surface area (Å²) in [6, 6.07) is 0. The highest BCUT2D eigenvalue weighted by molar-refractivity contribution is 4.79. The second-order valence-electron chi connectivity index (χ2n) is 4.74. The predicted molar refractivity (Wildman–Crippen MR) is 73.5 cm³/mol. The molecule has 104 valence electrons. The minimum Gasteiger partial charge on any atom is -0.383 e. The molecule has 0 aromatic carbocycles. The van der Waals surface area contributed by atoms with Crippen LogP contribution in [0.4, 0.5) is 0 Å². The van der Waals surface area contributed by atoms with Gasteiger partial charge in [-0.25, -0.2) is 0 Å². The summed E-state index contributed by atoms with van der Waals surface area (Å²) in [5, 5.41) is 3.49. The van der Waals surface area contributed by atoms with Crippen molar-refractivity contribution < 1.29 is 9.47 Å². The smallest absolute Gasteiger partial charge is 0.0587 e. The van der Waals surface area contributed by atoms with E-state index >= 15 is 0 Å². The number of rotatable bonds is 12. The molecule has 0 unspecified atom stereocenters. The highest BCUT2D eigenvalue weighted by Crippen LogP contribution is 2.29. The zero-order valence-corrected chi connectivity index (χ0v) is 12.2. The van der Waals surface area contributed by atoms with Crippen molar-refractivity contribution in [2.75, 3.05) is 40.0 Å². The topological polar surface area (TPSA) is 30.5 Å². The molecule has 0 aliphatic heterocycles. The molecule has 0 spiro atoms. The quantitative estimate of drug-likeness (QED) is 0.536. The highest BCUT2D eigenvalue weighted by Gasteiger charge is 2.25. The molecular weight excluding hydrogens is 214 g/mol. The van der Waals surface area contributed by atoms with Crippen LogP contribution in [0.3, 0.4) is 0 Å². The second kappa shape index (κ2) is 11.0. The summed E-state index contributed by atoms with van der Waals surface area (Å²) >= 11 is 0. The Balaban J connectivity index is 3.88. The first-order chi connectivity index (χ1) is 8.24. The van der Waals surface area contributed by atoms with Gasteiger partial charge in [0.05, 0.1) is 6.61 Å². The fourth-order valence-electron chi connectivity index (χ4n) is 2.00. The van der Waals surface area contributed by atoms with Gasteiger partial charge in [-0.1, -0.05) is 20.8 Å². The second-order valence-corrected chi connectivity index (χ2v) is 4.74. The van der Waals surface area contributed by atoms with Gasteiger partial charge in [-0.2, -0.15) is 0 Å². The van der Waals surface area contributed by atoms with E-state index in [0.717, 1.165) is 45.8 Å². The fourth-order valence-corrected chi connectivity index (χ4v) is 2.00. The van der Waals surface area contributed by atoms with Crippen molar-refractivity contribution in [1.82, 2.24) is 5.32 Å². The maximum atomic E-state index is 5.62. The minimum absolute atomic E-state index is 0.390. The monoisotopic (exact) mass is 245 g/mol. The first-order valence-corrected chi connectivity index (χ1v) is 7.02. The van der Waals surface area contributed by atoms with Crippen LogP contribution in [0.25, 0.3) is 0 Å². The lowest BCUT2D eigenvalue weighted by atomic mass is 9.79. The molecule has 0 saturated carbocycles. The third-order valence-corrected chi connectivity index (χ3v) is 3.61. The first kappa shape index (κ1) is 16.9. The minimum atomic E-state index is 0.390. The normalized spacial score (nSPS) is 12.0. The number of hydrogen-bond donors (Lipinski definition) is 1. The van der Waals surface area contributed by atoms with E-state index in [0.29, 0.717) is 5.41 Å². The Morgan fingerprint density at radius 3 is 2.24 bits per heavy atom. The first-order valence-electron chi connectivity index (χ1n) is 7.02. The number of nitrogens with one attached hydrogen (secondary N) is 1. The lowest BCUT2D eigenvalue weighted by Crippen LogP contribution is -2.36. The number of methoxy groups -OCH3 is 1. The van der Waals surface area contributed by atoms with Crippen LogP contribution in [0.15, 0.2) is 0 Å². The molecule has 0 aromatic rings. The lowest BCUT2D eigenvalue weighted by Gasteiger charge is -2.32. The van der Waals surface area contributed by atoms with Crippen molar-refractivity contribution in [3.8, 4) is 0 Å². The number of hydrogen-bond acceptors (Lipinski definition) is 3. The van der Waals surface area contributed by atoms with E-state index in [1.54, 1.807) is 7.11 Å². The molecule has 0 radical (unpaired) electrons. The highest BCUT2D eigenvalue weighted by atomic mass is 16.5. The molecule has 0 atom stereocenters. The molecule has 17 heavy (non-hydrogen) atoms. The van der Waals surface area contributed by atoms with E-state index < -0.39 is 0 Å². The number of ether oxygens (including phenoxy) is 2. The maximum absolute atomic E-state index is 5.62. The van der Waals surface area contributed by atoms with Crippen LogP contribution in [-0.4, -0.2) is 40.0 Å². The summed E-state index contributed by atoms with van der Waals surface area (Å²) in [5.74, 6) is 0. The molecule has 1 N–H and O–H groups in total. The van der Waals surface area contributed by atoms with Crippen LogP contribution >= 0.6 is 0 Å². The van der Waals surface area contributed by atoms with E-state index in [-0.39, 0.29) is 0 Å². The van der Waals surface area contributed by atoms with Gasteiger partial charge < -0.3 is 14.8 Å². The summed E-state index contributed by atoms with van der Waals surface area (Å²) in [4.78, 5) is 0. The van der Waals surface area contributed by atoms with Crippen LogP contribution in [-0.2, 0) is 9.47 Å². The van der Waals surface area contributed by atoms with Gasteiger partial charge in [0.2, 0.25) is 0 Å². The third-order valence-electron chi connectivity index (χ3n) is 3.61. The Morgan fingerprint density at radius 1 is 1.00 bits per heavy atom. The fraction of sp³-hybridized carbons (Fsp3) is 1.00. The van der Waals surface area contributed by atoms with Crippen molar-refractivity contribution >= 4 is 0 Å². The molecule has 0 aliphatic carbocycles. The van der Waals surface area contributed by atoms with Crippen molar-refractivity contribution in [1.29, 1.82) is 0 Å². The van der Waals surface area contributed by atoms with Crippen molar-refractivity contribution in [2.45, 2.75) is 46.5 Å². The Kier molecular flexibility index (Phi) is 10.9. The predicted octanol–water partition coefficient (Wildman–Crippen LogP) is 2.85. The van der Waals surface area contributed by atoms with E-state index in [1.165, 1.54) is 12.8 Å². The van der Waals surface area contributed by atoms with Gasteiger partial charge in [0.15, 0.2) is 0 Å². The van der Waals surface area contributed by atoms with Crippen LogP contribution in [0, 0.1) is 5.41 Å². The zero-order valence-electron chi connectivity index (χ0n) is 12.2. The van der Waals surface area contributed by atoms with Gasteiger partial charge in [-0.05, 0) is 31.1 Å². The Morgan fingerprint density at radius 2 is 1.71 bits per heavy atom. The zero-order chi connectivity index (χ0) is 13.0. The SMILES string of the molecule is CCCOCCC(CC)(CC)CNCCOC. The summed E-state index contributed by atoms with van der Waals surface area (Å²) < 4.78 is 10.7. The summed E-state index contributed by atoms with van der Waals surface area (Å²) in [6.07, 6.45) is 4.68. The molecule has 3 nitrogen and oxygen atoms in total. The maximum Gasteiger partial charge on any atom is 0.0587 e. The van der Waals surface area contributed by atoms with Gasteiger partial charge in [0, 0.05) is 33.4 Å². The Labute approximate surface area is 107 Å². The Bertz CT molecular complexity index is 144.